The summed E-state index contributed by atoms with van der Waals surface area (Å²) < 4.78 is 0. The molecule has 0 aliphatic heterocycles. The van der Waals surface area contributed by atoms with Gasteiger partial charge in [0.25, 0.3) is 0 Å². The highest BCUT2D eigenvalue weighted by molar-refractivity contribution is 5.18. The smallest absolute Gasteiger partial charge is 0.0936 e. The molecule has 24 heavy (non-hydrogen) atoms. The Hall–Kier alpha value is -1.64. The zero-order valence-corrected chi connectivity index (χ0v) is 14.3. The molecular formula is C22H28O2. The second kappa shape index (κ2) is 7.50. The molecule has 2 nitrogen and oxygen atoms in total. The van der Waals surface area contributed by atoms with Crippen LogP contribution in [0.1, 0.15) is 49.7 Å². The van der Waals surface area contributed by atoms with E-state index in [9.17, 15) is 10.2 Å². The molecule has 2 aromatic rings. The molecule has 0 bridgehead atoms. The van der Waals surface area contributed by atoms with Crippen LogP contribution >= 0.6 is 0 Å². The number of rotatable bonds is 6. The Labute approximate surface area is 145 Å². The molecule has 0 amide bonds. The topological polar surface area (TPSA) is 40.5 Å². The third-order valence-corrected chi connectivity index (χ3v) is 5.64. The summed E-state index contributed by atoms with van der Waals surface area (Å²) in [6.45, 7) is 0. The van der Waals surface area contributed by atoms with E-state index in [4.69, 9.17) is 0 Å². The zero-order valence-electron chi connectivity index (χ0n) is 14.3. The lowest BCUT2D eigenvalue weighted by Gasteiger charge is -2.47. The Morgan fingerprint density at radius 3 is 1.38 bits per heavy atom. The van der Waals surface area contributed by atoms with Crippen LogP contribution in [0.3, 0.4) is 0 Å². The third kappa shape index (κ3) is 3.88. The molecule has 1 fully saturated rings. The number of hydrogen-bond acceptors (Lipinski definition) is 2. The van der Waals surface area contributed by atoms with Gasteiger partial charge in [0.1, 0.15) is 0 Å². The summed E-state index contributed by atoms with van der Waals surface area (Å²) in [7, 11) is 0. The van der Waals surface area contributed by atoms with Crippen molar-refractivity contribution in [1.82, 2.24) is 0 Å². The molecule has 2 atom stereocenters. The monoisotopic (exact) mass is 324 g/mol. The number of aryl methyl sites for hydroxylation is 2. The molecular weight excluding hydrogens is 296 g/mol. The Balaban J connectivity index is 1.68. The van der Waals surface area contributed by atoms with Crippen molar-refractivity contribution in [3.8, 4) is 0 Å². The zero-order chi connectivity index (χ0) is 16.9. The van der Waals surface area contributed by atoms with Gasteiger partial charge < -0.3 is 10.2 Å². The van der Waals surface area contributed by atoms with Gasteiger partial charge >= 0.3 is 0 Å². The van der Waals surface area contributed by atoms with Crippen molar-refractivity contribution in [2.75, 3.05) is 0 Å². The van der Waals surface area contributed by atoms with Crippen LogP contribution in [-0.4, -0.2) is 21.4 Å². The molecule has 2 heteroatoms. The van der Waals surface area contributed by atoms with Crippen molar-refractivity contribution in [3.63, 3.8) is 0 Å². The first-order chi connectivity index (χ1) is 11.6. The largest absolute Gasteiger partial charge is 0.387 e. The van der Waals surface area contributed by atoms with Crippen molar-refractivity contribution >= 4 is 0 Å². The molecule has 0 unspecified atom stereocenters. The van der Waals surface area contributed by atoms with Gasteiger partial charge in [-0.15, -0.1) is 0 Å². The second-order valence-electron chi connectivity index (χ2n) is 7.24. The standard InChI is InChI=1S/C22H28O2/c23-21(17-13-19-9-3-1-4-10-19)15-7-8-16-22(21,24)18-14-20-11-5-2-6-12-20/h1-6,9-12,23-24H,7-8,13-18H2/t21-,22-/m0/s1. The van der Waals surface area contributed by atoms with E-state index in [2.05, 4.69) is 24.3 Å². The van der Waals surface area contributed by atoms with Gasteiger partial charge in [-0.2, -0.15) is 0 Å². The minimum absolute atomic E-state index is 0.627. The van der Waals surface area contributed by atoms with Crippen LogP contribution in [0, 0.1) is 0 Å². The summed E-state index contributed by atoms with van der Waals surface area (Å²) >= 11 is 0. The van der Waals surface area contributed by atoms with E-state index in [1.165, 1.54) is 11.1 Å². The molecule has 1 saturated carbocycles. The normalized spacial score (nSPS) is 27.1. The van der Waals surface area contributed by atoms with E-state index in [0.29, 0.717) is 25.7 Å². The molecule has 0 aromatic heterocycles. The Kier molecular flexibility index (Phi) is 5.37. The fraction of sp³-hybridized carbons (Fsp3) is 0.455. The fourth-order valence-electron chi connectivity index (χ4n) is 4.01. The van der Waals surface area contributed by atoms with Crippen molar-refractivity contribution < 1.29 is 10.2 Å². The van der Waals surface area contributed by atoms with Crippen molar-refractivity contribution in [3.05, 3.63) is 71.8 Å². The molecule has 2 aromatic carbocycles. The highest BCUT2D eigenvalue weighted by atomic mass is 16.4. The van der Waals surface area contributed by atoms with Crippen LogP contribution in [-0.2, 0) is 12.8 Å². The predicted octanol–water partition coefficient (Wildman–Crippen LogP) is 4.29. The van der Waals surface area contributed by atoms with Crippen LogP contribution in [0.4, 0.5) is 0 Å². The van der Waals surface area contributed by atoms with Crippen molar-refractivity contribution in [1.29, 1.82) is 0 Å². The minimum Gasteiger partial charge on any atom is -0.387 e. The highest BCUT2D eigenvalue weighted by Crippen LogP contribution is 2.43. The third-order valence-electron chi connectivity index (χ3n) is 5.64. The second-order valence-corrected chi connectivity index (χ2v) is 7.24. The lowest BCUT2D eigenvalue weighted by molar-refractivity contribution is -0.181. The van der Waals surface area contributed by atoms with E-state index < -0.39 is 11.2 Å². The van der Waals surface area contributed by atoms with Gasteiger partial charge in [0.15, 0.2) is 0 Å². The molecule has 0 radical (unpaired) electrons. The molecule has 0 heterocycles. The molecule has 0 saturated heterocycles. The van der Waals surface area contributed by atoms with Crippen molar-refractivity contribution in [2.45, 2.75) is 62.6 Å². The number of benzene rings is 2. The lowest BCUT2D eigenvalue weighted by atomic mass is 9.67. The van der Waals surface area contributed by atoms with Crippen LogP contribution in [0.2, 0.25) is 0 Å². The predicted molar refractivity (Wildman–Crippen MR) is 97.9 cm³/mol. The van der Waals surface area contributed by atoms with Gasteiger partial charge in [-0.25, -0.2) is 0 Å². The number of hydrogen-bond donors (Lipinski definition) is 2. The van der Waals surface area contributed by atoms with E-state index in [0.717, 1.165) is 25.7 Å². The van der Waals surface area contributed by atoms with E-state index in [1.54, 1.807) is 0 Å². The highest BCUT2D eigenvalue weighted by Gasteiger charge is 2.49. The Morgan fingerprint density at radius 1 is 0.625 bits per heavy atom. The van der Waals surface area contributed by atoms with Crippen molar-refractivity contribution in [2.24, 2.45) is 0 Å². The molecule has 1 aliphatic rings. The van der Waals surface area contributed by atoms with E-state index in [-0.39, 0.29) is 0 Å². The first-order valence-electron chi connectivity index (χ1n) is 9.14. The first-order valence-corrected chi connectivity index (χ1v) is 9.14. The molecule has 0 spiro atoms. The first kappa shape index (κ1) is 17.2. The Morgan fingerprint density at radius 2 is 1.00 bits per heavy atom. The van der Waals surface area contributed by atoms with Gasteiger partial charge in [0, 0.05) is 0 Å². The number of aliphatic hydroxyl groups is 2. The summed E-state index contributed by atoms with van der Waals surface area (Å²) in [5.74, 6) is 0. The van der Waals surface area contributed by atoms with Crippen LogP contribution in [0.25, 0.3) is 0 Å². The van der Waals surface area contributed by atoms with Gasteiger partial charge in [-0.1, -0.05) is 73.5 Å². The summed E-state index contributed by atoms with van der Waals surface area (Å²) in [5.41, 5.74) is 0.495. The maximum absolute atomic E-state index is 11.3. The van der Waals surface area contributed by atoms with Crippen LogP contribution in [0.5, 0.6) is 0 Å². The van der Waals surface area contributed by atoms with E-state index in [1.807, 2.05) is 36.4 Å². The minimum atomic E-state index is -0.976. The lowest BCUT2D eigenvalue weighted by Crippen LogP contribution is -2.56. The quantitative estimate of drug-likeness (QED) is 0.832. The van der Waals surface area contributed by atoms with Gasteiger partial charge in [-0.05, 0) is 49.7 Å². The van der Waals surface area contributed by atoms with Crippen LogP contribution in [0.15, 0.2) is 60.7 Å². The molecule has 3 rings (SSSR count). The molecule has 128 valence electrons. The molecule has 2 N–H and O–H groups in total. The van der Waals surface area contributed by atoms with Gasteiger partial charge in [0.2, 0.25) is 0 Å². The summed E-state index contributed by atoms with van der Waals surface area (Å²) in [6, 6.07) is 20.5. The summed E-state index contributed by atoms with van der Waals surface area (Å²) in [5, 5.41) is 22.6. The average Bonchev–Trinajstić information content (AvgIpc) is 2.63. The summed E-state index contributed by atoms with van der Waals surface area (Å²) in [6.07, 6.45) is 6.27. The van der Waals surface area contributed by atoms with Gasteiger partial charge in [-0.3, -0.25) is 0 Å². The Bertz CT molecular complexity index is 567. The maximum atomic E-state index is 11.3. The maximum Gasteiger partial charge on any atom is 0.0936 e. The SMILES string of the molecule is O[C@]1(CCc2ccccc2)CCCC[C@]1(O)CCc1ccccc1. The molecule has 1 aliphatic carbocycles. The van der Waals surface area contributed by atoms with Gasteiger partial charge in [0.05, 0.1) is 11.2 Å². The average molecular weight is 324 g/mol. The fourth-order valence-corrected chi connectivity index (χ4v) is 4.01. The van der Waals surface area contributed by atoms with E-state index >= 15 is 0 Å². The van der Waals surface area contributed by atoms with Crippen LogP contribution < -0.4 is 0 Å². The summed E-state index contributed by atoms with van der Waals surface area (Å²) in [4.78, 5) is 0.